The molecule has 0 aromatic rings. The molecular formula is C15H30ClN3O2S. The summed E-state index contributed by atoms with van der Waals surface area (Å²) in [5, 5.41) is 3.44. The van der Waals surface area contributed by atoms with E-state index in [1.54, 1.807) is 6.92 Å². The number of nitrogens with zero attached hydrogens (tertiary/aromatic N) is 1. The van der Waals surface area contributed by atoms with Gasteiger partial charge in [-0.1, -0.05) is 0 Å². The largest absolute Gasteiger partial charge is 0.316 e. The van der Waals surface area contributed by atoms with Gasteiger partial charge in [-0.2, -0.15) is 0 Å². The fourth-order valence-electron chi connectivity index (χ4n) is 4.26. The smallest absolute Gasteiger partial charge is 0.211 e. The zero-order chi connectivity index (χ0) is 14.9. The predicted molar refractivity (Wildman–Crippen MR) is 92.0 cm³/mol. The summed E-state index contributed by atoms with van der Waals surface area (Å²) in [6, 6.07) is 0.195. The Balaban J connectivity index is 0.00000176. The first-order valence-corrected chi connectivity index (χ1v) is 10.1. The molecule has 0 amide bonds. The zero-order valence-corrected chi connectivity index (χ0v) is 15.1. The number of nitrogens with one attached hydrogen (secondary N) is 2. The minimum Gasteiger partial charge on any atom is -0.316 e. The van der Waals surface area contributed by atoms with E-state index in [1.165, 1.54) is 52.0 Å². The first kappa shape index (κ1) is 18.5. The molecule has 0 aromatic heterocycles. The fraction of sp³-hybridized carbons (Fsp3) is 1.00. The van der Waals surface area contributed by atoms with Crippen LogP contribution in [0.1, 0.15) is 39.0 Å². The van der Waals surface area contributed by atoms with Gasteiger partial charge in [-0.3, -0.25) is 0 Å². The SMILES string of the molecule is CCS(=O)(=O)NC1CC2(CCN(C[C@@H]3CCNC3)CC2)C1.Cl. The Morgan fingerprint density at radius 3 is 2.50 bits per heavy atom. The summed E-state index contributed by atoms with van der Waals surface area (Å²) < 4.78 is 26.0. The van der Waals surface area contributed by atoms with Crippen LogP contribution in [0.15, 0.2) is 0 Å². The van der Waals surface area contributed by atoms with Gasteiger partial charge in [0.15, 0.2) is 0 Å². The normalized spacial score (nSPS) is 29.2. The average Bonchev–Trinajstić information content (AvgIpc) is 2.92. The van der Waals surface area contributed by atoms with Crippen LogP contribution in [0.3, 0.4) is 0 Å². The van der Waals surface area contributed by atoms with Crippen LogP contribution in [0.4, 0.5) is 0 Å². The van der Waals surface area contributed by atoms with Crippen molar-refractivity contribution in [3.63, 3.8) is 0 Å². The Kier molecular flexibility index (Phi) is 6.16. The van der Waals surface area contributed by atoms with Crippen molar-refractivity contribution in [3.8, 4) is 0 Å². The highest BCUT2D eigenvalue weighted by Crippen LogP contribution is 2.49. The first-order chi connectivity index (χ1) is 10.0. The third-order valence-electron chi connectivity index (χ3n) is 5.68. The molecule has 2 saturated heterocycles. The van der Waals surface area contributed by atoms with Crippen LogP contribution in [0.2, 0.25) is 0 Å². The molecule has 1 atom stereocenters. The van der Waals surface area contributed by atoms with Crippen LogP contribution in [0, 0.1) is 11.3 Å². The zero-order valence-electron chi connectivity index (χ0n) is 13.5. The van der Waals surface area contributed by atoms with Gasteiger partial charge in [-0.25, -0.2) is 13.1 Å². The van der Waals surface area contributed by atoms with E-state index < -0.39 is 10.0 Å². The maximum Gasteiger partial charge on any atom is 0.211 e. The van der Waals surface area contributed by atoms with Crippen molar-refractivity contribution in [3.05, 3.63) is 0 Å². The average molecular weight is 352 g/mol. The third kappa shape index (κ3) is 4.35. The van der Waals surface area contributed by atoms with Crippen molar-refractivity contribution in [2.24, 2.45) is 11.3 Å². The molecule has 0 radical (unpaired) electrons. The van der Waals surface area contributed by atoms with Gasteiger partial charge in [-0.15, -0.1) is 12.4 Å². The summed E-state index contributed by atoms with van der Waals surface area (Å²) in [6.45, 7) is 7.71. The number of likely N-dealkylation sites (tertiary alicyclic amines) is 1. The van der Waals surface area contributed by atoms with Crippen LogP contribution in [-0.2, 0) is 10.0 Å². The summed E-state index contributed by atoms with van der Waals surface area (Å²) in [4.78, 5) is 2.62. The standard InChI is InChI=1S/C15H29N3O2S.ClH/c1-2-21(19,20)17-14-9-15(10-14)4-7-18(8-5-15)12-13-3-6-16-11-13;/h13-14,16-17H,2-12H2,1H3;1H/t13-;/m1./s1. The van der Waals surface area contributed by atoms with Gasteiger partial charge in [0.2, 0.25) is 10.0 Å². The lowest BCUT2D eigenvalue weighted by molar-refractivity contribution is 0.00936. The minimum atomic E-state index is -3.03. The van der Waals surface area contributed by atoms with E-state index >= 15 is 0 Å². The summed E-state index contributed by atoms with van der Waals surface area (Å²) in [5.74, 6) is 1.03. The molecule has 2 N–H and O–H groups in total. The molecule has 3 fully saturated rings. The number of hydrogen-bond acceptors (Lipinski definition) is 4. The van der Waals surface area contributed by atoms with E-state index in [2.05, 4.69) is 14.9 Å². The lowest BCUT2D eigenvalue weighted by Gasteiger charge is -2.52. The second-order valence-electron chi connectivity index (χ2n) is 7.29. The molecular weight excluding hydrogens is 322 g/mol. The second-order valence-corrected chi connectivity index (χ2v) is 9.33. The summed E-state index contributed by atoms with van der Waals surface area (Å²) in [7, 11) is -3.03. The highest BCUT2D eigenvalue weighted by molar-refractivity contribution is 7.89. The van der Waals surface area contributed by atoms with Crippen molar-refractivity contribution >= 4 is 22.4 Å². The summed E-state index contributed by atoms with van der Waals surface area (Å²) >= 11 is 0. The van der Waals surface area contributed by atoms with E-state index in [0.717, 1.165) is 18.8 Å². The number of sulfonamides is 1. The number of rotatable bonds is 5. The fourth-order valence-corrected chi connectivity index (χ4v) is 5.10. The molecule has 3 aliphatic rings. The summed E-state index contributed by atoms with van der Waals surface area (Å²) in [5.41, 5.74) is 0.436. The lowest BCUT2D eigenvalue weighted by atomic mass is 9.60. The molecule has 0 unspecified atom stereocenters. The number of piperidine rings is 1. The van der Waals surface area contributed by atoms with Gasteiger partial charge in [0, 0.05) is 12.6 Å². The van der Waals surface area contributed by atoms with E-state index in [4.69, 9.17) is 0 Å². The lowest BCUT2D eigenvalue weighted by Crippen LogP contribution is -2.55. The quantitative estimate of drug-likeness (QED) is 0.781. The van der Waals surface area contributed by atoms with Crippen molar-refractivity contribution in [1.82, 2.24) is 14.9 Å². The van der Waals surface area contributed by atoms with Gasteiger partial charge in [-0.05, 0) is 76.5 Å². The molecule has 2 heterocycles. The van der Waals surface area contributed by atoms with Crippen molar-refractivity contribution < 1.29 is 8.42 Å². The van der Waals surface area contributed by atoms with Gasteiger partial charge in [0.05, 0.1) is 5.75 Å². The Hall–Kier alpha value is 0.120. The Labute approximate surface area is 141 Å². The molecule has 0 aromatic carbocycles. The van der Waals surface area contributed by atoms with Crippen LogP contribution in [-0.4, -0.2) is 57.8 Å². The minimum absolute atomic E-state index is 0. The molecule has 130 valence electrons. The van der Waals surface area contributed by atoms with Crippen LogP contribution < -0.4 is 10.0 Å². The van der Waals surface area contributed by atoms with Crippen molar-refractivity contribution in [2.75, 3.05) is 38.5 Å². The van der Waals surface area contributed by atoms with E-state index in [0.29, 0.717) is 5.41 Å². The van der Waals surface area contributed by atoms with Gasteiger partial charge in [0.1, 0.15) is 0 Å². The predicted octanol–water partition coefficient (Wildman–Crippen LogP) is 1.20. The van der Waals surface area contributed by atoms with E-state index in [1.807, 2.05) is 0 Å². The van der Waals surface area contributed by atoms with Crippen molar-refractivity contribution in [1.29, 1.82) is 0 Å². The summed E-state index contributed by atoms with van der Waals surface area (Å²) in [6.07, 6.45) is 5.91. The van der Waals surface area contributed by atoms with E-state index in [-0.39, 0.29) is 24.2 Å². The molecule has 7 heteroatoms. The van der Waals surface area contributed by atoms with Crippen molar-refractivity contribution in [2.45, 2.75) is 45.1 Å². The molecule has 2 aliphatic heterocycles. The monoisotopic (exact) mass is 351 g/mol. The number of hydrogen-bond donors (Lipinski definition) is 2. The second kappa shape index (κ2) is 7.34. The van der Waals surface area contributed by atoms with Crippen LogP contribution >= 0.6 is 12.4 Å². The maximum atomic E-state index is 11.6. The Morgan fingerprint density at radius 2 is 1.95 bits per heavy atom. The molecule has 1 saturated carbocycles. The number of halogens is 1. The third-order valence-corrected chi connectivity index (χ3v) is 7.13. The van der Waals surface area contributed by atoms with E-state index in [9.17, 15) is 8.42 Å². The van der Waals surface area contributed by atoms with Gasteiger partial charge in [0.25, 0.3) is 0 Å². The molecule has 3 rings (SSSR count). The van der Waals surface area contributed by atoms with Gasteiger partial charge >= 0.3 is 0 Å². The molecule has 0 bridgehead atoms. The first-order valence-electron chi connectivity index (χ1n) is 8.43. The Morgan fingerprint density at radius 1 is 1.27 bits per heavy atom. The topological polar surface area (TPSA) is 61.4 Å². The molecule has 22 heavy (non-hydrogen) atoms. The highest BCUT2D eigenvalue weighted by atomic mass is 35.5. The molecule has 1 aliphatic carbocycles. The highest BCUT2D eigenvalue weighted by Gasteiger charge is 2.46. The van der Waals surface area contributed by atoms with Crippen LogP contribution in [0.25, 0.3) is 0 Å². The van der Waals surface area contributed by atoms with Gasteiger partial charge < -0.3 is 10.2 Å². The molecule has 1 spiro atoms. The molecule has 5 nitrogen and oxygen atoms in total. The Bertz CT molecular complexity index is 449. The van der Waals surface area contributed by atoms with Crippen LogP contribution in [0.5, 0.6) is 0 Å². The maximum absolute atomic E-state index is 11.6.